The summed E-state index contributed by atoms with van der Waals surface area (Å²) in [5.74, 6) is 0.739. The number of aromatic amines is 1. The third-order valence-electron chi connectivity index (χ3n) is 6.59. The first-order chi connectivity index (χ1) is 18.0. The first kappa shape index (κ1) is 24.2. The highest BCUT2D eigenvalue weighted by molar-refractivity contribution is 6.06. The molecule has 0 atom stereocenters. The first-order valence-electron chi connectivity index (χ1n) is 12.5. The van der Waals surface area contributed by atoms with Gasteiger partial charge in [0.25, 0.3) is 5.91 Å². The van der Waals surface area contributed by atoms with E-state index in [0.717, 1.165) is 29.8 Å². The van der Waals surface area contributed by atoms with Gasteiger partial charge in [-0.2, -0.15) is 9.97 Å². The van der Waals surface area contributed by atoms with Crippen LogP contribution in [0.1, 0.15) is 39.5 Å². The number of carbonyl (C=O) groups excluding carboxylic acids is 1. The molecule has 8 nitrogen and oxygen atoms in total. The number of anilines is 3. The third-order valence-corrected chi connectivity index (χ3v) is 6.59. The van der Waals surface area contributed by atoms with E-state index in [9.17, 15) is 9.59 Å². The van der Waals surface area contributed by atoms with E-state index in [-0.39, 0.29) is 5.91 Å². The van der Waals surface area contributed by atoms with Gasteiger partial charge >= 0.3 is 5.69 Å². The normalized spacial score (nSPS) is 12.6. The molecule has 188 valence electrons. The minimum atomic E-state index is -0.442. The Morgan fingerprint density at radius 2 is 1.81 bits per heavy atom. The van der Waals surface area contributed by atoms with Crippen LogP contribution < -0.4 is 20.8 Å². The number of benzene rings is 3. The maximum absolute atomic E-state index is 13.1. The Bertz CT molecular complexity index is 1460. The smallest absolute Gasteiger partial charge is 0.350 e. The van der Waals surface area contributed by atoms with E-state index < -0.39 is 5.69 Å². The van der Waals surface area contributed by atoms with Crippen molar-refractivity contribution in [3.05, 3.63) is 111 Å². The van der Waals surface area contributed by atoms with Crippen LogP contribution in [0.5, 0.6) is 0 Å². The van der Waals surface area contributed by atoms with Crippen molar-refractivity contribution in [3.8, 4) is 0 Å². The van der Waals surface area contributed by atoms with E-state index in [1.165, 1.54) is 11.1 Å². The van der Waals surface area contributed by atoms with Crippen molar-refractivity contribution < 1.29 is 4.79 Å². The molecule has 0 aliphatic carbocycles. The molecule has 8 heteroatoms. The molecular formula is C29H30N6O2. The number of aromatic nitrogens is 3. The molecule has 1 amide bonds. The molecule has 1 aliphatic heterocycles. The Morgan fingerprint density at radius 3 is 2.57 bits per heavy atom. The zero-order valence-electron chi connectivity index (χ0n) is 21.1. The number of nitrogens with one attached hydrogen (secondary N) is 2. The molecule has 1 aliphatic rings. The average molecular weight is 495 g/mol. The molecule has 0 bridgehead atoms. The van der Waals surface area contributed by atoms with E-state index in [2.05, 4.69) is 32.4 Å². The third kappa shape index (κ3) is 5.53. The summed E-state index contributed by atoms with van der Waals surface area (Å²) < 4.78 is 0. The van der Waals surface area contributed by atoms with Crippen LogP contribution in [-0.4, -0.2) is 33.9 Å². The molecule has 4 aromatic rings. The van der Waals surface area contributed by atoms with Gasteiger partial charge in [0.1, 0.15) is 0 Å². The van der Waals surface area contributed by atoms with Crippen molar-refractivity contribution in [1.29, 1.82) is 0 Å². The summed E-state index contributed by atoms with van der Waals surface area (Å²) in [5, 5.41) is 3.19. The van der Waals surface area contributed by atoms with E-state index in [1.807, 2.05) is 79.4 Å². The monoisotopic (exact) mass is 494 g/mol. The molecule has 0 unspecified atom stereocenters. The van der Waals surface area contributed by atoms with E-state index in [4.69, 9.17) is 0 Å². The molecule has 0 fully saturated rings. The molecule has 0 saturated heterocycles. The van der Waals surface area contributed by atoms with Crippen LogP contribution in [0.25, 0.3) is 0 Å². The molecule has 0 radical (unpaired) electrons. The first-order valence-corrected chi connectivity index (χ1v) is 12.5. The van der Waals surface area contributed by atoms with Gasteiger partial charge in [0.05, 0.1) is 0 Å². The predicted octanol–water partition coefficient (Wildman–Crippen LogP) is 4.31. The summed E-state index contributed by atoms with van der Waals surface area (Å²) in [6.45, 7) is 6.44. The molecule has 0 spiro atoms. The second-order valence-corrected chi connectivity index (χ2v) is 9.18. The van der Waals surface area contributed by atoms with Crippen LogP contribution >= 0.6 is 0 Å². The van der Waals surface area contributed by atoms with Crippen molar-refractivity contribution in [2.24, 2.45) is 0 Å². The zero-order valence-corrected chi connectivity index (χ0v) is 21.1. The van der Waals surface area contributed by atoms with Crippen LogP contribution in [0.4, 0.5) is 17.6 Å². The van der Waals surface area contributed by atoms with E-state index in [1.54, 1.807) is 4.90 Å². The largest absolute Gasteiger partial charge is 0.352 e. The summed E-state index contributed by atoms with van der Waals surface area (Å²) in [6, 6.07) is 23.7. The van der Waals surface area contributed by atoms with Gasteiger partial charge in [-0.1, -0.05) is 48.5 Å². The van der Waals surface area contributed by atoms with Gasteiger partial charge in [-0.15, -0.1) is 0 Å². The fourth-order valence-corrected chi connectivity index (χ4v) is 4.61. The molecule has 5 rings (SSSR count). The molecule has 2 N–H and O–H groups in total. The SMILES string of the molecule is CCN(C(=O)c1ccc(CNc2nc(N3CCc4ccccc4C3)nc(=O)[nH]2)cc1)c1cccc(C)c1. The minimum Gasteiger partial charge on any atom is -0.352 e. The van der Waals surface area contributed by atoms with Crippen LogP contribution in [0.2, 0.25) is 0 Å². The Labute approximate surface area is 216 Å². The fraction of sp³-hybridized carbons (Fsp3) is 0.241. The average Bonchev–Trinajstić information content (AvgIpc) is 2.92. The Hall–Kier alpha value is -4.46. The Kier molecular flexibility index (Phi) is 6.98. The van der Waals surface area contributed by atoms with Gasteiger partial charge in [-0.25, -0.2) is 4.79 Å². The quantitative estimate of drug-likeness (QED) is 0.398. The van der Waals surface area contributed by atoms with Crippen molar-refractivity contribution in [2.75, 3.05) is 28.2 Å². The maximum Gasteiger partial charge on any atom is 0.350 e. The van der Waals surface area contributed by atoms with Gasteiger partial charge in [0.2, 0.25) is 11.9 Å². The Balaban J connectivity index is 1.25. The summed E-state index contributed by atoms with van der Waals surface area (Å²) in [7, 11) is 0. The highest BCUT2D eigenvalue weighted by Crippen LogP contribution is 2.22. The van der Waals surface area contributed by atoms with E-state index in [0.29, 0.717) is 37.1 Å². The second-order valence-electron chi connectivity index (χ2n) is 9.18. The highest BCUT2D eigenvalue weighted by Gasteiger charge is 2.19. The lowest BCUT2D eigenvalue weighted by atomic mass is 10.0. The van der Waals surface area contributed by atoms with Crippen molar-refractivity contribution in [3.63, 3.8) is 0 Å². The van der Waals surface area contributed by atoms with Gasteiger partial charge in [-0.05, 0) is 66.8 Å². The second kappa shape index (κ2) is 10.7. The van der Waals surface area contributed by atoms with Crippen molar-refractivity contribution in [1.82, 2.24) is 15.0 Å². The molecule has 2 heterocycles. The molecule has 37 heavy (non-hydrogen) atoms. The lowest BCUT2D eigenvalue weighted by molar-refractivity contribution is 0.0988. The number of nitrogens with zero attached hydrogens (tertiary/aromatic N) is 4. The van der Waals surface area contributed by atoms with E-state index >= 15 is 0 Å². The standard InChI is InChI=1S/C29H30N6O2/c1-3-35(25-10-6-7-20(2)17-25)26(36)23-13-11-21(12-14-23)18-30-27-31-28(33-29(37)32-27)34-16-15-22-8-4-5-9-24(22)19-34/h4-14,17H,3,15-16,18-19H2,1-2H3,(H2,30,31,32,33,37). The summed E-state index contributed by atoms with van der Waals surface area (Å²) in [6.07, 6.45) is 0.888. The van der Waals surface area contributed by atoms with Gasteiger partial charge in [-0.3, -0.25) is 9.78 Å². The lowest BCUT2D eigenvalue weighted by Crippen LogP contribution is -2.33. The number of hydrogen-bond acceptors (Lipinski definition) is 6. The van der Waals surface area contributed by atoms with Crippen molar-refractivity contribution in [2.45, 2.75) is 33.4 Å². The topological polar surface area (TPSA) is 94.2 Å². The number of H-pyrrole nitrogens is 1. The van der Waals surface area contributed by atoms with Gasteiger partial charge < -0.3 is 15.1 Å². The molecule has 0 saturated carbocycles. The Morgan fingerprint density at radius 1 is 1.03 bits per heavy atom. The predicted molar refractivity (Wildman–Crippen MR) is 146 cm³/mol. The summed E-state index contributed by atoms with van der Waals surface area (Å²) in [4.78, 5) is 40.5. The molecule has 1 aromatic heterocycles. The van der Waals surface area contributed by atoms with Gasteiger partial charge in [0.15, 0.2) is 0 Å². The number of rotatable bonds is 7. The summed E-state index contributed by atoms with van der Waals surface area (Å²) in [5.41, 5.74) is 5.69. The highest BCUT2D eigenvalue weighted by atomic mass is 16.2. The number of fused-ring (bicyclic) bond motifs is 1. The molecular weight excluding hydrogens is 464 g/mol. The minimum absolute atomic E-state index is 0.0412. The van der Waals surface area contributed by atoms with Crippen molar-refractivity contribution >= 4 is 23.5 Å². The number of amides is 1. The summed E-state index contributed by atoms with van der Waals surface area (Å²) >= 11 is 0. The molecule has 3 aromatic carbocycles. The zero-order chi connectivity index (χ0) is 25.8. The van der Waals surface area contributed by atoms with Gasteiger partial charge in [0, 0.05) is 37.4 Å². The number of hydrogen-bond donors (Lipinski definition) is 2. The number of aryl methyl sites for hydroxylation is 1. The van der Waals surface area contributed by atoms with Crippen LogP contribution in [0.3, 0.4) is 0 Å². The lowest BCUT2D eigenvalue weighted by Gasteiger charge is -2.28. The number of carbonyl (C=O) groups is 1. The van der Waals surface area contributed by atoms with Crippen LogP contribution in [0.15, 0.2) is 77.6 Å². The van der Waals surface area contributed by atoms with Crippen LogP contribution in [0, 0.1) is 6.92 Å². The fourth-order valence-electron chi connectivity index (χ4n) is 4.61. The maximum atomic E-state index is 13.1. The van der Waals surface area contributed by atoms with Crippen LogP contribution in [-0.2, 0) is 19.5 Å².